The zero-order valence-electron chi connectivity index (χ0n) is 16.2. The van der Waals surface area contributed by atoms with Gasteiger partial charge in [-0.25, -0.2) is 4.98 Å². The van der Waals surface area contributed by atoms with Gasteiger partial charge in [0.25, 0.3) is 5.91 Å². The van der Waals surface area contributed by atoms with E-state index in [0.717, 1.165) is 0 Å². The lowest BCUT2D eigenvalue weighted by atomic mass is 10.1. The van der Waals surface area contributed by atoms with Gasteiger partial charge in [-0.2, -0.15) is 4.98 Å². The molecule has 2 aromatic rings. The maximum absolute atomic E-state index is 12.7. The summed E-state index contributed by atoms with van der Waals surface area (Å²) in [5, 5.41) is 6.14. The Bertz CT molecular complexity index is 914. The van der Waals surface area contributed by atoms with Crippen LogP contribution in [0.3, 0.4) is 0 Å². The molecule has 146 valence electrons. The number of rotatable bonds is 5. The summed E-state index contributed by atoms with van der Waals surface area (Å²) >= 11 is 0. The predicted octanol–water partition coefficient (Wildman–Crippen LogP) is 2.11. The zero-order chi connectivity index (χ0) is 19.9. The SMILES string of the molecule is CC#Cc1cnc(Nc2ccc(C(=O)N3CCOCC3)cc2OC)nc1NC. The molecule has 1 aliphatic heterocycles. The quantitative estimate of drug-likeness (QED) is 0.767. The molecule has 0 bridgehead atoms. The second-order valence-corrected chi connectivity index (χ2v) is 6.03. The maximum atomic E-state index is 12.7. The monoisotopic (exact) mass is 381 g/mol. The summed E-state index contributed by atoms with van der Waals surface area (Å²) in [4.78, 5) is 23.2. The third kappa shape index (κ3) is 4.32. The molecule has 1 saturated heterocycles. The average molecular weight is 381 g/mol. The van der Waals surface area contributed by atoms with Gasteiger partial charge in [0.05, 0.1) is 37.8 Å². The Morgan fingerprint density at radius 2 is 2.11 bits per heavy atom. The second kappa shape index (κ2) is 9.06. The highest BCUT2D eigenvalue weighted by Crippen LogP contribution is 2.29. The van der Waals surface area contributed by atoms with Crippen LogP contribution in [0.4, 0.5) is 17.5 Å². The van der Waals surface area contributed by atoms with Gasteiger partial charge >= 0.3 is 0 Å². The molecule has 28 heavy (non-hydrogen) atoms. The molecule has 0 spiro atoms. The Labute approximate surface area is 164 Å². The minimum Gasteiger partial charge on any atom is -0.495 e. The fraction of sp³-hybridized carbons (Fsp3) is 0.350. The van der Waals surface area contributed by atoms with Crippen molar-refractivity contribution in [2.45, 2.75) is 6.92 Å². The number of aromatic nitrogens is 2. The molecule has 8 heteroatoms. The van der Waals surface area contributed by atoms with Crippen molar-refractivity contribution >= 4 is 23.4 Å². The number of nitrogens with one attached hydrogen (secondary N) is 2. The van der Waals surface area contributed by atoms with E-state index >= 15 is 0 Å². The summed E-state index contributed by atoms with van der Waals surface area (Å²) in [6, 6.07) is 5.27. The van der Waals surface area contributed by atoms with Crippen LogP contribution in [0, 0.1) is 11.8 Å². The molecule has 1 fully saturated rings. The van der Waals surface area contributed by atoms with Crippen molar-refractivity contribution in [3.05, 3.63) is 35.5 Å². The molecule has 3 rings (SSSR count). The Morgan fingerprint density at radius 3 is 2.79 bits per heavy atom. The molecule has 0 saturated carbocycles. The molecule has 1 aromatic carbocycles. The maximum Gasteiger partial charge on any atom is 0.254 e. The Hall–Kier alpha value is -3.31. The van der Waals surface area contributed by atoms with E-state index in [0.29, 0.717) is 60.6 Å². The van der Waals surface area contributed by atoms with Crippen LogP contribution in [0.5, 0.6) is 5.75 Å². The van der Waals surface area contributed by atoms with Gasteiger partial charge in [0.1, 0.15) is 11.6 Å². The first-order chi connectivity index (χ1) is 13.7. The standard InChI is InChI=1S/C20H23N5O3/c1-4-5-15-13-22-20(24-18(15)21-2)23-16-7-6-14(12-17(16)27-3)19(26)25-8-10-28-11-9-25/h6-7,12-13H,8-11H2,1-3H3,(H2,21,22,23,24). The fourth-order valence-corrected chi connectivity index (χ4v) is 2.86. The lowest BCUT2D eigenvalue weighted by molar-refractivity contribution is 0.0302. The normalized spacial score (nSPS) is 13.3. The third-order valence-corrected chi connectivity index (χ3v) is 4.28. The molecule has 0 radical (unpaired) electrons. The van der Waals surface area contributed by atoms with Crippen LogP contribution in [-0.4, -0.2) is 61.2 Å². The number of ether oxygens (including phenoxy) is 2. The summed E-state index contributed by atoms with van der Waals surface area (Å²) in [5.74, 6) is 7.31. The highest BCUT2D eigenvalue weighted by molar-refractivity contribution is 5.95. The summed E-state index contributed by atoms with van der Waals surface area (Å²) in [5.41, 5.74) is 1.95. The van der Waals surface area contributed by atoms with Gasteiger partial charge < -0.3 is 25.0 Å². The molecule has 0 aliphatic carbocycles. The second-order valence-electron chi connectivity index (χ2n) is 6.03. The van der Waals surface area contributed by atoms with Gasteiger partial charge in [-0.1, -0.05) is 5.92 Å². The Kier molecular flexibility index (Phi) is 6.29. The summed E-state index contributed by atoms with van der Waals surface area (Å²) in [7, 11) is 3.34. The number of benzene rings is 1. The molecule has 1 aliphatic rings. The van der Waals surface area contributed by atoms with Crippen LogP contribution < -0.4 is 15.4 Å². The zero-order valence-corrected chi connectivity index (χ0v) is 16.2. The Morgan fingerprint density at radius 1 is 1.32 bits per heavy atom. The largest absolute Gasteiger partial charge is 0.495 e. The number of methoxy groups -OCH3 is 1. The number of morpholine rings is 1. The molecule has 0 atom stereocenters. The van der Waals surface area contributed by atoms with Crippen molar-refractivity contribution in [2.24, 2.45) is 0 Å². The van der Waals surface area contributed by atoms with Crippen LogP contribution >= 0.6 is 0 Å². The van der Waals surface area contributed by atoms with Crippen LogP contribution in [0.15, 0.2) is 24.4 Å². The summed E-state index contributed by atoms with van der Waals surface area (Å²) in [6.07, 6.45) is 1.65. The van der Waals surface area contributed by atoms with Gasteiger partial charge in [-0.15, -0.1) is 5.92 Å². The first-order valence-corrected chi connectivity index (χ1v) is 8.96. The molecule has 1 aromatic heterocycles. The molecule has 8 nitrogen and oxygen atoms in total. The fourth-order valence-electron chi connectivity index (χ4n) is 2.86. The number of hydrogen-bond donors (Lipinski definition) is 2. The van der Waals surface area contributed by atoms with Crippen molar-refractivity contribution < 1.29 is 14.3 Å². The third-order valence-electron chi connectivity index (χ3n) is 4.28. The lowest BCUT2D eigenvalue weighted by Crippen LogP contribution is -2.40. The minimum atomic E-state index is -0.0376. The van der Waals surface area contributed by atoms with E-state index in [-0.39, 0.29) is 5.91 Å². The van der Waals surface area contributed by atoms with Crippen molar-refractivity contribution in [1.82, 2.24) is 14.9 Å². The molecule has 0 unspecified atom stereocenters. The molecular weight excluding hydrogens is 358 g/mol. The summed E-state index contributed by atoms with van der Waals surface area (Å²) < 4.78 is 10.8. The van der Waals surface area contributed by atoms with Gasteiger partial charge in [0.15, 0.2) is 0 Å². The number of nitrogens with zero attached hydrogens (tertiary/aromatic N) is 3. The first kappa shape index (κ1) is 19.5. The highest BCUT2D eigenvalue weighted by atomic mass is 16.5. The molecular formula is C20H23N5O3. The van der Waals surface area contributed by atoms with E-state index in [4.69, 9.17) is 9.47 Å². The lowest BCUT2D eigenvalue weighted by Gasteiger charge is -2.27. The minimum absolute atomic E-state index is 0.0376. The predicted molar refractivity (Wildman–Crippen MR) is 107 cm³/mol. The van der Waals surface area contributed by atoms with E-state index in [2.05, 4.69) is 32.4 Å². The number of anilines is 3. The van der Waals surface area contributed by atoms with Gasteiger partial charge in [0.2, 0.25) is 5.95 Å². The number of hydrogen-bond acceptors (Lipinski definition) is 7. The van der Waals surface area contributed by atoms with E-state index in [1.165, 1.54) is 0 Å². The van der Waals surface area contributed by atoms with Crippen molar-refractivity contribution in [3.63, 3.8) is 0 Å². The van der Waals surface area contributed by atoms with Crippen molar-refractivity contribution in [2.75, 3.05) is 51.1 Å². The van der Waals surface area contributed by atoms with Gasteiger partial charge in [-0.3, -0.25) is 4.79 Å². The summed E-state index contributed by atoms with van der Waals surface area (Å²) in [6.45, 7) is 4.07. The number of carbonyl (C=O) groups excluding carboxylic acids is 1. The average Bonchev–Trinajstić information content (AvgIpc) is 2.75. The number of carbonyl (C=O) groups is 1. The molecule has 2 heterocycles. The van der Waals surface area contributed by atoms with Crippen LogP contribution in [0.1, 0.15) is 22.8 Å². The van der Waals surface area contributed by atoms with Crippen molar-refractivity contribution in [1.29, 1.82) is 0 Å². The highest BCUT2D eigenvalue weighted by Gasteiger charge is 2.20. The Balaban J connectivity index is 1.82. The van der Waals surface area contributed by atoms with Crippen LogP contribution in [0.2, 0.25) is 0 Å². The van der Waals surface area contributed by atoms with Gasteiger partial charge in [-0.05, 0) is 25.1 Å². The van der Waals surface area contributed by atoms with E-state index < -0.39 is 0 Å². The smallest absolute Gasteiger partial charge is 0.254 e. The van der Waals surface area contributed by atoms with Crippen LogP contribution in [-0.2, 0) is 4.74 Å². The molecule has 2 N–H and O–H groups in total. The first-order valence-electron chi connectivity index (χ1n) is 8.96. The van der Waals surface area contributed by atoms with E-state index in [1.807, 2.05) is 0 Å². The van der Waals surface area contributed by atoms with E-state index in [9.17, 15) is 4.79 Å². The topological polar surface area (TPSA) is 88.6 Å². The van der Waals surface area contributed by atoms with Crippen molar-refractivity contribution in [3.8, 4) is 17.6 Å². The number of amides is 1. The van der Waals surface area contributed by atoms with Gasteiger partial charge in [0, 0.05) is 25.7 Å². The van der Waals surface area contributed by atoms with Crippen LogP contribution in [0.25, 0.3) is 0 Å². The molecule has 1 amide bonds. The van der Waals surface area contributed by atoms with E-state index in [1.54, 1.807) is 50.4 Å².